The number of aromatic carboxylic acids is 1. The van der Waals surface area contributed by atoms with Crippen molar-refractivity contribution < 1.29 is 14.7 Å². The number of carboxylic acid groups (broad SMARTS) is 1. The summed E-state index contributed by atoms with van der Waals surface area (Å²) in [6.07, 6.45) is 3.85. The number of nitrogens with zero attached hydrogens (tertiary/aromatic N) is 1. The highest BCUT2D eigenvalue weighted by Crippen LogP contribution is 2.21. The van der Waals surface area contributed by atoms with Crippen LogP contribution >= 0.6 is 15.9 Å². The number of carboxylic acids is 1. The molecule has 0 fully saturated rings. The second-order valence-electron chi connectivity index (χ2n) is 4.20. The van der Waals surface area contributed by atoms with Crippen molar-refractivity contribution >= 4 is 33.6 Å². The molecule has 110 valence electrons. The van der Waals surface area contributed by atoms with Gasteiger partial charge in [-0.1, -0.05) is 15.9 Å². The summed E-state index contributed by atoms with van der Waals surface area (Å²) in [5.74, 6) is -1.11. The van der Waals surface area contributed by atoms with E-state index in [1.54, 1.807) is 18.6 Å². The Labute approximate surface area is 128 Å². The quantitative estimate of drug-likeness (QED) is 0.661. The van der Waals surface area contributed by atoms with Gasteiger partial charge in [0.15, 0.2) is 0 Å². The molecule has 0 aliphatic carbocycles. The molecule has 8 heteroatoms. The van der Waals surface area contributed by atoms with Crippen molar-refractivity contribution in [2.24, 2.45) is 0 Å². The number of hydrogen-bond acceptors (Lipinski definition) is 3. The minimum atomic E-state index is -1.11. The van der Waals surface area contributed by atoms with E-state index >= 15 is 0 Å². The Morgan fingerprint density at radius 3 is 2.86 bits per heavy atom. The number of imidazole rings is 1. The fourth-order valence-corrected chi connectivity index (χ4v) is 2.06. The van der Waals surface area contributed by atoms with Gasteiger partial charge in [-0.15, -0.1) is 0 Å². The maximum atomic E-state index is 11.7. The normalized spacial score (nSPS) is 10.1. The summed E-state index contributed by atoms with van der Waals surface area (Å²) in [4.78, 5) is 29.7. The van der Waals surface area contributed by atoms with Crippen LogP contribution in [0.15, 0.2) is 35.2 Å². The van der Waals surface area contributed by atoms with E-state index in [1.807, 2.05) is 0 Å². The molecular formula is C13H13BrN4O3. The molecule has 0 aliphatic heterocycles. The Morgan fingerprint density at radius 1 is 1.38 bits per heavy atom. The zero-order chi connectivity index (χ0) is 15.2. The van der Waals surface area contributed by atoms with Crippen LogP contribution in [0.25, 0.3) is 0 Å². The number of aromatic nitrogens is 2. The van der Waals surface area contributed by atoms with Crippen LogP contribution in [0.4, 0.5) is 10.5 Å². The molecule has 0 unspecified atom stereocenters. The minimum Gasteiger partial charge on any atom is -0.478 e. The van der Waals surface area contributed by atoms with Crippen molar-refractivity contribution in [2.75, 3.05) is 11.9 Å². The standard InChI is InChI=1S/C13H13BrN4O3/c14-8-1-2-11(10(5-8)12(19)20)18-13(21)16-4-3-9-6-15-7-17-9/h1-2,5-7H,3-4H2,(H,15,17)(H,19,20)(H2,16,18,21). The summed E-state index contributed by atoms with van der Waals surface area (Å²) in [6.45, 7) is 0.410. The molecule has 1 aromatic heterocycles. The number of nitrogens with one attached hydrogen (secondary N) is 3. The summed E-state index contributed by atoms with van der Waals surface area (Å²) in [6, 6.07) is 4.16. The molecule has 2 aromatic rings. The van der Waals surface area contributed by atoms with Gasteiger partial charge in [0.1, 0.15) is 0 Å². The average Bonchev–Trinajstić information content (AvgIpc) is 2.94. The highest BCUT2D eigenvalue weighted by molar-refractivity contribution is 9.10. The minimum absolute atomic E-state index is 0.0214. The first-order valence-corrected chi connectivity index (χ1v) is 6.90. The number of urea groups is 1. The molecule has 2 amide bonds. The average molecular weight is 353 g/mol. The summed E-state index contributed by atoms with van der Waals surface area (Å²) in [5, 5.41) is 14.3. The third kappa shape index (κ3) is 4.32. The van der Waals surface area contributed by atoms with Crippen LogP contribution in [0, 0.1) is 0 Å². The SMILES string of the molecule is O=C(NCCc1cnc[nH]1)Nc1ccc(Br)cc1C(=O)O. The van der Waals surface area contributed by atoms with Gasteiger partial charge in [-0.2, -0.15) is 0 Å². The van der Waals surface area contributed by atoms with Crippen LogP contribution in [-0.4, -0.2) is 33.6 Å². The number of rotatable bonds is 5. The molecule has 0 spiro atoms. The van der Waals surface area contributed by atoms with E-state index in [4.69, 9.17) is 5.11 Å². The van der Waals surface area contributed by atoms with E-state index in [9.17, 15) is 9.59 Å². The largest absolute Gasteiger partial charge is 0.478 e. The number of aromatic amines is 1. The molecule has 4 N–H and O–H groups in total. The first kappa shape index (κ1) is 15.0. The number of benzene rings is 1. The molecule has 0 saturated carbocycles. The van der Waals surface area contributed by atoms with Crippen LogP contribution in [0.2, 0.25) is 0 Å². The third-order valence-corrected chi connectivity index (χ3v) is 3.19. The number of halogens is 1. The van der Waals surface area contributed by atoms with Gasteiger partial charge in [0.25, 0.3) is 0 Å². The first-order valence-electron chi connectivity index (χ1n) is 6.11. The van der Waals surface area contributed by atoms with Crippen molar-refractivity contribution in [3.05, 3.63) is 46.5 Å². The number of anilines is 1. The van der Waals surface area contributed by atoms with Crippen molar-refractivity contribution in [1.82, 2.24) is 15.3 Å². The molecule has 0 radical (unpaired) electrons. The van der Waals surface area contributed by atoms with Crippen molar-refractivity contribution in [3.63, 3.8) is 0 Å². The van der Waals surface area contributed by atoms with E-state index in [0.717, 1.165) is 5.69 Å². The Bertz CT molecular complexity index is 643. The molecule has 0 aliphatic rings. The lowest BCUT2D eigenvalue weighted by atomic mass is 10.2. The van der Waals surface area contributed by atoms with Crippen molar-refractivity contribution in [2.45, 2.75) is 6.42 Å². The number of carbonyl (C=O) groups excluding carboxylic acids is 1. The maximum absolute atomic E-state index is 11.7. The number of H-pyrrole nitrogens is 1. The van der Waals surface area contributed by atoms with E-state index < -0.39 is 12.0 Å². The predicted molar refractivity (Wildman–Crippen MR) is 80.4 cm³/mol. The number of carbonyl (C=O) groups is 2. The fraction of sp³-hybridized carbons (Fsp3) is 0.154. The Morgan fingerprint density at radius 2 is 2.19 bits per heavy atom. The monoisotopic (exact) mass is 352 g/mol. The first-order chi connectivity index (χ1) is 10.1. The van der Waals surface area contributed by atoms with Crippen molar-refractivity contribution in [3.8, 4) is 0 Å². The van der Waals surface area contributed by atoms with E-state index in [1.165, 1.54) is 12.1 Å². The molecule has 21 heavy (non-hydrogen) atoms. The molecule has 0 bridgehead atoms. The number of amides is 2. The molecule has 2 rings (SSSR count). The summed E-state index contributed by atoms with van der Waals surface area (Å²) >= 11 is 3.19. The van der Waals surface area contributed by atoms with Gasteiger partial charge in [0, 0.05) is 29.3 Å². The lowest BCUT2D eigenvalue weighted by molar-refractivity contribution is 0.0698. The zero-order valence-corrected chi connectivity index (χ0v) is 12.5. The smallest absolute Gasteiger partial charge is 0.337 e. The van der Waals surface area contributed by atoms with Crippen LogP contribution in [0.1, 0.15) is 16.1 Å². The lowest BCUT2D eigenvalue weighted by Crippen LogP contribution is -2.31. The molecular weight excluding hydrogens is 340 g/mol. The third-order valence-electron chi connectivity index (χ3n) is 2.69. The van der Waals surface area contributed by atoms with Gasteiger partial charge in [-0.3, -0.25) is 0 Å². The molecule has 0 saturated heterocycles. The van der Waals surface area contributed by atoms with Gasteiger partial charge in [-0.25, -0.2) is 14.6 Å². The summed E-state index contributed by atoms with van der Waals surface area (Å²) in [7, 11) is 0. The van der Waals surface area contributed by atoms with Crippen LogP contribution < -0.4 is 10.6 Å². The van der Waals surface area contributed by atoms with Crippen molar-refractivity contribution in [1.29, 1.82) is 0 Å². The molecule has 1 heterocycles. The van der Waals surface area contributed by atoms with E-state index in [-0.39, 0.29) is 11.3 Å². The van der Waals surface area contributed by atoms with Crippen LogP contribution in [0.5, 0.6) is 0 Å². The van der Waals surface area contributed by atoms with Gasteiger partial charge in [0.05, 0.1) is 17.6 Å². The highest BCUT2D eigenvalue weighted by Gasteiger charge is 2.12. The predicted octanol–water partition coefficient (Wildman–Crippen LogP) is 2.23. The van der Waals surface area contributed by atoms with Crippen LogP contribution in [-0.2, 0) is 6.42 Å². The fourth-order valence-electron chi connectivity index (χ4n) is 1.70. The van der Waals surface area contributed by atoms with Gasteiger partial charge >= 0.3 is 12.0 Å². The van der Waals surface area contributed by atoms with E-state index in [0.29, 0.717) is 17.4 Å². The van der Waals surface area contributed by atoms with E-state index in [2.05, 4.69) is 36.5 Å². The molecule has 1 aromatic carbocycles. The van der Waals surface area contributed by atoms with Gasteiger partial charge in [0.2, 0.25) is 0 Å². The Hall–Kier alpha value is -2.35. The van der Waals surface area contributed by atoms with Crippen LogP contribution in [0.3, 0.4) is 0 Å². The molecule has 7 nitrogen and oxygen atoms in total. The highest BCUT2D eigenvalue weighted by atomic mass is 79.9. The Kier molecular flexibility index (Phi) is 4.94. The number of hydrogen-bond donors (Lipinski definition) is 4. The summed E-state index contributed by atoms with van der Waals surface area (Å²) < 4.78 is 0.630. The second-order valence-corrected chi connectivity index (χ2v) is 5.12. The molecule has 0 atom stereocenters. The van der Waals surface area contributed by atoms with Gasteiger partial charge in [-0.05, 0) is 18.2 Å². The Balaban J connectivity index is 1.92. The van der Waals surface area contributed by atoms with Gasteiger partial charge < -0.3 is 20.7 Å². The zero-order valence-electron chi connectivity index (χ0n) is 10.9. The topological polar surface area (TPSA) is 107 Å². The lowest BCUT2D eigenvalue weighted by Gasteiger charge is -2.10. The second kappa shape index (κ2) is 6.89. The summed E-state index contributed by atoms with van der Waals surface area (Å²) in [5.41, 5.74) is 1.17. The maximum Gasteiger partial charge on any atom is 0.337 e.